The fourth-order valence-electron chi connectivity index (χ4n) is 2.04. The van der Waals surface area contributed by atoms with Gasteiger partial charge in [-0.2, -0.15) is 0 Å². The van der Waals surface area contributed by atoms with E-state index in [0.29, 0.717) is 4.47 Å². The summed E-state index contributed by atoms with van der Waals surface area (Å²) < 4.78 is 19.8. The van der Waals surface area contributed by atoms with E-state index in [2.05, 4.69) is 49.5 Å². The molecule has 0 heterocycles. The summed E-state index contributed by atoms with van der Waals surface area (Å²) in [6.45, 7) is 14.1. The van der Waals surface area contributed by atoms with Crippen LogP contribution >= 0.6 is 15.9 Å². The van der Waals surface area contributed by atoms with E-state index in [1.807, 2.05) is 24.3 Å². The SMILES string of the molecule is C=C(c1ccc(OCC(C)(C)[SiH](C)C)cc1)c1ccc(F)c(Br)c1. The van der Waals surface area contributed by atoms with Gasteiger partial charge in [0.15, 0.2) is 0 Å². The van der Waals surface area contributed by atoms with Crippen molar-refractivity contribution >= 4 is 30.3 Å². The van der Waals surface area contributed by atoms with Crippen LogP contribution in [0.2, 0.25) is 18.1 Å². The fourth-order valence-corrected chi connectivity index (χ4v) is 2.83. The van der Waals surface area contributed by atoms with Crippen molar-refractivity contribution in [1.29, 1.82) is 0 Å². The summed E-state index contributed by atoms with van der Waals surface area (Å²) in [7, 11) is -0.771. The van der Waals surface area contributed by atoms with E-state index in [4.69, 9.17) is 4.74 Å². The molecular formula is C20H24BrFOSi. The van der Waals surface area contributed by atoms with Crippen molar-refractivity contribution in [2.24, 2.45) is 0 Å². The highest BCUT2D eigenvalue weighted by molar-refractivity contribution is 9.10. The number of ether oxygens (including phenoxy) is 1. The molecule has 4 heteroatoms. The van der Waals surface area contributed by atoms with Crippen LogP contribution in [-0.4, -0.2) is 15.4 Å². The van der Waals surface area contributed by atoms with Gasteiger partial charge < -0.3 is 4.74 Å². The number of benzene rings is 2. The van der Waals surface area contributed by atoms with Gasteiger partial charge in [0.2, 0.25) is 0 Å². The smallest absolute Gasteiger partial charge is 0.137 e. The van der Waals surface area contributed by atoms with Crippen LogP contribution < -0.4 is 4.74 Å². The minimum absolute atomic E-state index is 0.267. The number of rotatable bonds is 6. The van der Waals surface area contributed by atoms with Gasteiger partial charge in [-0.1, -0.05) is 51.7 Å². The molecule has 0 unspecified atom stereocenters. The summed E-state index contributed by atoms with van der Waals surface area (Å²) in [5.74, 6) is 0.598. The maximum atomic E-state index is 13.4. The molecule has 0 radical (unpaired) electrons. The van der Waals surface area contributed by atoms with E-state index in [0.717, 1.165) is 29.1 Å². The first-order valence-electron chi connectivity index (χ1n) is 8.08. The molecular weight excluding hydrogens is 383 g/mol. The Kier molecular flexibility index (Phi) is 6.05. The molecule has 2 rings (SSSR count). The zero-order valence-electron chi connectivity index (χ0n) is 14.7. The normalized spacial score (nSPS) is 11.6. The first kappa shape index (κ1) is 18.9. The topological polar surface area (TPSA) is 9.23 Å². The van der Waals surface area contributed by atoms with Crippen LogP contribution in [0.3, 0.4) is 0 Å². The molecule has 0 saturated heterocycles. The highest BCUT2D eigenvalue weighted by atomic mass is 79.9. The molecule has 128 valence electrons. The largest absolute Gasteiger partial charge is 0.493 e. The third-order valence-corrected chi connectivity index (χ3v) is 8.54. The Bertz CT molecular complexity index is 723. The highest BCUT2D eigenvalue weighted by Crippen LogP contribution is 2.30. The molecule has 0 fully saturated rings. The van der Waals surface area contributed by atoms with Crippen LogP contribution in [0.25, 0.3) is 5.57 Å². The van der Waals surface area contributed by atoms with Gasteiger partial charge in [-0.3, -0.25) is 0 Å². The Morgan fingerprint density at radius 1 is 1.12 bits per heavy atom. The summed E-state index contributed by atoms with van der Waals surface area (Å²) in [6.07, 6.45) is 0. The van der Waals surface area contributed by atoms with Gasteiger partial charge in [0.05, 0.1) is 11.1 Å². The van der Waals surface area contributed by atoms with E-state index in [1.165, 1.54) is 6.07 Å². The summed E-state index contributed by atoms with van der Waals surface area (Å²) >= 11 is 3.22. The van der Waals surface area contributed by atoms with E-state index in [1.54, 1.807) is 12.1 Å². The lowest BCUT2D eigenvalue weighted by atomic mass is 10.00. The van der Waals surface area contributed by atoms with Crippen molar-refractivity contribution in [3.8, 4) is 5.75 Å². The molecule has 0 bridgehead atoms. The van der Waals surface area contributed by atoms with Crippen LogP contribution in [0.15, 0.2) is 53.5 Å². The maximum absolute atomic E-state index is 13.4. The van der Waals surface area contributed by atoms with Gasteiger partial charge in [-0.25, -0.2) is 4.39 Å². The van der Waals surface area contributed by atoms with Crippen molar-refractivity contribution in [3.63, 3.8) is 0 Å². The van der Waals surface area contributed by atoms with E-state index in [9.17, 15) is 4.39 Å². The standard InChI is InChI=1S/C20H24BrFOSi/c1-14(16-8-11-19(22)18(21)12-16)15-6-9-17(10-7-15)23-13-20(2,3)24(4)5/h6-12,24H,1,13H2,2-5H3. The molecule has 0 aliphatic heterocycles. The second kappa shape index (κ2) is 7.66. The molecule has 0 amide bonds. The number of halogens is 2. The van der Waals surface area contributed by atoms with Crippen molar-refractivity contribution in [1.82, 2.24) is 0 Å². The van der Waals surface area contributed by atoms with Gasteiger partial charge in [0.1, 0.15) is 11.6 Å². The van der Waals surface area contributed by atoms with Crippen molar-refractivity contribution in [2.45, 2.75) is 32.0 Å². The van der Waals surface area contributed by atoms with Crippen LogP contribution in [0.5, 0.6) is 5.75 Å². The minimum atomic E-state index is -0.771. The maximum Gasteiger partial charge on any atom is 0.137 e. The minimum Gasteiger partial charge on any atom is -0.493 e. The van der Waals surface area contributed by atoms with Crippen LogP contribution in [0.4, 0.5) is 4.39 Å². The zero-order valence-corrected chi connectivity index (χ0v) is 17.4. The van der Waals surface area contributed by atoms with Crippen LogP contribution in [0.1, 0.15) is 25.0 Å². The van der Waals surface area contributed by atoms with Crippen LogP contribution in [0, 0.1) is 5.82 Å². The Labute approximate surface area is 154 Å². The van der Waals surface area contributed by atoms with E-state index >= 15 is 0 Å². The Morgan fingerprint density at radius 2 is 1.71 bits per heavy atom. The van der Waals surface area contributed by atoms with Gasteiger partial charge in [-0.15, -0.1) is 0 Å². The number of hydrogen-bond donors (Lipinski definition) is 0. The van der Waals surface area contributed by atoms with Gasteiger partial charge in [0, 0.05) is 8.80 Å². The second-order valence-electron chi connectivity index (χ2n) is 7.06. The van der Waals surface area contributed by atoms with E-state index in [-0.39, 0.29) is 10.9 Å². The number of hydrogen-bond acceptors (Lipinski definition) is 1. The summed E-state index contributed by atoms with van der Waals surface area (Å²) in [5, 5.41) is 0.267. The molecule has 0 atom stereocenters. The monoisotopic (exact) mass is 406 g/mol. The summed E-state index contributed by atoms with van der Waals surface area (Å²) in [4.78, 5) is 0. The molecule has 0 N–H and O–H groups in total. The lowest BCUT2D eigenvalue weighted by Crippen LogP contribution is -2.27. The van der Waals surface area contributed by atoms with E-state index < -0.39 is 8.80 Å². The van der Waals surface area contributed by atoms with Gasteiger partial charge in [0.25, 0.3) is 0 Å². The summed E-state index contributed by atoms with van der Waals surface area (Å²) in [5.41, 5.74) is 2.75. The molecule has 2 aromatic rings. The molecule has 0 aromatic heterocycles. The lowest BCUT2D eigenvalue weighted by Gasteiger charge is -2.28. The molecule has 24 heavy (non-hydrogen) atoms. The second-order valence-corrected chi connectivity index (χ2v) is 11.8. The average molecular weight is 407 g/mol. The Balaban J connectivity index is 2.08. The third-order valence-electron chi connectivity index (χ3n) is 4.64. The van der Waals surface area contributed by atoms with Crippen LogP contribution in [-0.2, 0) is 0 Å². The first-order chi connectivity index (χ1) is 11.2. The van der Waals surface area contributed by atoms with Gasteiger partial charge >= 0.3 is 0 Å². The highest BCUT2D eigenvalue weighted by Gasteiger charge is 2.24. The van der Waals surface area contributed by atoms with Crippen molar-refractivity contribution < 1.29 is 9.13 Å². The predicted octanol–water partition coefficient (Wildman–Crippen LogP) is 6.30. The molecule has 0 aliphatic rings. The fraction of sp³-hybridized carbons (Fsp3) is 0.300. The zero-order chi connectivity index (χ0) is 17.9. The Hall–Kier alpha value is -1.39. The summed E-state index contributed by atoms with van der Waals surface area (Å²) in [6, 6.07) is 12.9. The molecule has 0 saturated carbocycles. The predicted molar refractivity (Wildman–Crippen MR) is 107 cm³/mol. The molecule has 2 aromatic carbocycles. The van der Waals surface area contributed by atoms with Crippen molar-refractivity contribution in [2.75, 3.05) is 6.61 Å². The quantitative estimate of drug-likeness (QED) is 0.511. The Morgan fingerprint density at radius 3 is 2.25 bits per heavy atom. The van der Waals surface area contributed by atoms with Gasteiger partial charge in [-0.05, 0) is 61.9 Å². The molecule has 0 spiro atoms. The lowest BCUT2D eigenvalue weighted by molar-refractivity contribution is 0.276. The molecule has 0 aliphatic carbocycles. The first-order valence-corrected chi connectivity index (χ1v) is 11.8. The molecule has 1 nitrogen and oxygen atoms in total. The van der Waals surface area contributed by atoms with Crippen molar-refractivity contribution in [3.05, 3.63) is 70.5 Å². The third kappa shape index (κ3) is 4.58. The average Bonchev–Trinajstić information content (AvgIpc) is 2.55.